The van der Waals surface area contributed by atoms with Crippen LogP contribution in [0.5, 0.6) is 0 Å². The number of carboxylic acid groups (broad SMARTS) is 1. The average Bonchev–Trinajstić information content (AvgIpc) is 2.38. The fourth-order valence-electron chi connectivity index (χ4n) is 1.58. The van der Waals surface area contributed by atoms with Crippen molar-refractivity contribution >= 4 is 35.9 Å². The van der Waals surface area contributed by atoms with Crippen LogP contribution in [-0.4, -0.2) is 41.5 Å². The van der Waals surface area contributed by atoms with Crippen LogP contribution in [0.2, 0.25) is 5.02 Å². The van der Waals surface area contributed by atoms with Gasteiger partial charge in [-0.25, -0.2) is 0 Å². The minimum Gasteiger partial charge on any atom is -0.480 e. The normalized spacial score (nSPS) is 9.95. The third-order valence-electron chi connectivity index (χ3n) is 2.60. The number of nitrogens with zero attached hydrogens (tertiary/aromatic N) is 1. The summed E-state index contributed by atoms with van der Waals surface area (Å²) in [5.41, 5.74) is 0.942. The standard InChI is InChI=1S/C13H17ClN2O3.ClH/c1-2-16(9-12(17)15-7-13(18)19)8-10-5-3-4-6-11(10)14;/h3-6H,2,7-9H2,1H3,(H,15,17)(H,18,19);1H. The quantitative estimate of drug-likeness (QED) is 0.803. The fraction of sp³-hybridized carbons (Fsp3) is 0.385. The van der Waals surface area contributed by atoms with Gasteiger partial charge in [-0.15, -0.1) is 12.4 Å². The van der Waals surface area contributed by atoms with E-state index in [-0.39, 0.29) is 31.4 Å². The van der Waals surface area contributed by atoms with Crippen LogP contribution < -0.4 is 5.32 Å². The Bertz CT molecular complexity index is 455. The van der Waals surface area contributed by atoms with Gasteiger partial charge >= 0.3 is 5.97 Å². The van der Waals surface area contributed by atoms with Crippen molar-refractivity contribution in [2.75, 3.05) is 19.6 Å². The van der Waals surface area contributed by atoms with Crippen molar-refractivity contribution in [1.82, 2.24) is 10.2 Å². The van der Waals surface area contributed by atoms with Gasteiger partial charge < -0.3 is 10.4 Å². The predicted octanol–water partition coefficient (Wildman–Crippen LogP) is 1.78. The minimum atomic E-state index is -1.05. The zero-order chi connectivity index (χ0) is 14.3. The van der Waals surface area contributed by atoms with E-state index in [4.69, 9.17) is 16.7 Å². The molecule has 0 aliphatic carbocycles. The number of rotatable bonds is 7. The SMILES string of the molecule is CCN(CC(=O)NCC(=O)O)Cc1ccccc1Cl.Cl. The zero-order valence-corrected chi connectivity index (χ0v) is 12.7. The number of likely N-dealkylation sites (N-methyl/N-ethyl adjacent to an activating group) is 1. The molecule has 1 aromatic rings. The number of hydrogen-bond acceptors (Lipinski definition) is 3. The maximum atomic E-state index is 11.5. The molecule has 0 saturated heterocycles. The molecular formula is C13H18Cl2N2O3. The van der Waals surface area contributed by atoms with E-state index in [1.165, 1.54) is 0 Å². The first-order valence-corrected chi connectivity index (χ1v) is 6.35. The van der Waals surface area contributed by atoms with Gasteiger partial charge in [0.25, 0.3) is 0 Å². The Morgan fingerprint density at radius 3 is 2.55 bits per heavy atom. The summed E-state index contributed by atoms with van der Waals surface area (Å²) in [4.78, 5) is 23.8. The molecule has 0 aromatic heterocycles. The van der Waals surface area contributed by atoms with Crippen LogP contribution in [-0.2, 0) is 16.1 Å². The van der Waals surface area contributed by atoms with Crippen LogP contribution in [0.15, 0.2) is 24.3 Å². The van der Waals surface area contributed by atoms with E-state index in [0.29, 0.717) is 18.1 Å². The highest BCUT2D eigenvalue weighted by Crippen LogP contribution is 2.16. The highest BCUT2D eigenvalue weighted by Gasteiger charge is 2.11. The molecule has 0 saturated carbocycles. The van der Waals surface area contributed by atoms with E-state index in [1.54, 1.807) is 6.07 Å². The molecule has 0 aliphatic rings. The van der Waals surface area contributed by atoms with Crippen LogP contribution in [0.1, 0.15) is 12.5 Å². The number of amides is 1. The Balaban J connectivity index is 0.00000361. The molecular weight excluding hydrogens is 303 g/mol. The van der Waals surface area contributed by atoms with Crippen molar-refractivity contribution in [3.8, 4) is 0 Å². The number of nitrogens with one attached hydrogen (secondary N) is 1. The molecule has 112 valence electrons. The zero-order valence-electron chi connectivity index (χ0n) is 11.1. The van der Waals surface area contributed by atoms with Crippen LogP contribution in [0.3, 0.4) is 0 Å². The molecule has 0 bridgehead atoms. The number of halogens is 2. The van der Waals surface area contributed by atoms with Crippen molar-refractivity contribution in [3.05, 3.63) is 34.9 Å². The van der Waals surface area contributed by atoms with E-state index in [9.17, 15) is 9.59 Å². The molecule has 5 nitrogen and oxygen atoms in total. The first kappa shape index (κ1) is 18.7. The maximum Gasteiger partial charge on any atom is 0.322 e. The lowest BCUT2D eigenvalue weighted by molar-refractivity contribution is -0.138. The lowest BCUT2D eigenvalue weighted by atomic mass is 10.2. The second-order valence-corrected chi connectivity index (χ2v) is 4.47. The van der Waals surface area contributed by atoms with Gasteiger partial charge in [0.1, 0.15) is 6.54 Å². The van der Waals surface area contributed by atoms with Crippen LogP contribution in [0, 0.1) is 0 Å². The highest BCUT2D eigenvalue weighted by molar-refractivity contribution is 6.31. The van der Waals surface area contributed by atoms with Crippen LogP contribution in [0.4, 0.5) is 0 Å². The molecule has 20 heavy (non-hydrogen) atoms. The van der Waals surface area contributed by atoms with Crippen molar-refractivity contribution in [3.63, 3.8) is 0 Å². The van der Waals surface area contributed by atoms with Crippen molar-refractivity contribution in [2.45, 2.75) is 13.5 Å². The number of benzene rings is 1. The van der Waals surface area contributed by atoms with E-state index >= 15 is 0 Å². The Morgan fingerprint density at radius 2 is 2.00 bits per heavy atom. The fourth-order valence-corrected chi connectivity index (χ4v) is 1.78. The van der Waals surface area contributed by atoms with Crippen molar-refractivity contribution < 1.29 is 14.7 Å². The molecule has 7 heteroatoms. The lowest BCUT2D eigenvalue weighted by Gasteiger charge is -2.20. The molecule has 0 heterocycles. The van der Waals surface area contributed by atoms with Crippen LogP contribution in [0.25, 0.3) is 0 Å². The number of carboxylic acids is 1. The van der Waals surface area contributed by atoms with Gasteiger partial charge in [0.15, 0.2) is 0 Å². The highest BCUT2D eigenvalue weighted by atomic mass is 35.5. The Labute approximate surface area is 129 Å². The summed E-state index contributed by atoms with van der Waals surface area (Å²) in [6, 6.07) is 7.44. The number of hydrogen-bond donors (Lipinski definition) is 2. The van der Waals surface area contributed by atoms with E-state index in [1.807, 2.05) is 30.0 Å². The summed E-state index contributed by atoms with van der Waals surface area (Å²) in [6.07, 6.45) is 0. The molecule has 1 amide bonds. The summed E-state index contributed by atoms with van der Waals surface area (Å²) in [7, 11) is 0. The van der Waals surface area contributed by atoms with Gasteiger partial charge in [0.2, 0.25) is 5.91 Å². The minimum absolute atomic E-state index is 0. The molecule has 0 radical (unpaired) electrons. The monoisotopic (exact) mass is 320 g/mol. The molecule has 1 rings (SSSR count). The lowest BCUT2D eigenvalue weighted by Crippen LogP contribution is -2.39. The summed E-state index contributed by atoms with van der Waals surface area (Å²) in [5, 5.41) is 11.5. The maximum absolute atomic E-state index is 11.5. The average molecular weight is 321 g/mol. The number of carbonyl (C=O) groups is 2. The van der Waals surface area contributed by atoms with E-state index in [2.05, 4.69) is 5.32 Å². The molecule has 0 unspecified atom stereocenters. The van der Waals surface area contributed by atoms with Gasteiger partial charge in [-0.3, -0.25) is 14.5 Å². The van der Waals surface area contributed by atoms with E-state index in [0.717, 1.165) is 5.56 Å². The molecule has 0 aliphatic heterocycles. The number of aliphatic carboxylic acids is 1. The summed E-state index contributed by atoms with van der Waals surface area (Å²) in [6.45, 7) is 2.95. The third kappa shape index (κ3) is 6.75. The predicted molar refractivity (Wildman–Crippen MR) is 80.3 cm³/mol. The third-order valence-corrected chi connectivity index (χ3v) is 2.97. The second-order valence-electron chi connectivity index (χ2n) is 4.07. The smallest absolute Gasteiger partial charge is 0.322 e. The Kier molecular flexibility index (Phi) is 8.96. The van der Waals surface area contributed by atoms with Crippen molar-refractivity contribution in [1.29, 1.82) is 0 Å². The summed E-state index contributed by atoms with van der Waals surface area (Å²) in [5.74, 6) is -1.36. The molecule has 2 N–H and O–H groups in total. The number of carbonyl (C=O) groups excluding carboxylic acids is 1. The van der Waals surface area contributed by atoms with Gasteiger partial charge in [-0.1, -0.05) is 36.7 Å². The molecule has 0 fully saturated rings. The first-order valence-electron chi connectivity index (χ1n) is 5.97. The van der Waals surface area contributed by atoms with Crippen LogP contribution >= 0.6 is 24.0 Å². The molecule has 1 aromatic carbocycles. The van der Waals surface area contributed by atoms with Gasteiger partial charge in [0.05, 0.1) is 6.54 Å². The first-order chi connectivity index (χ1) is 9.02. The second kappa shape index (κ2) is 9.58. The summed E-state index contributed by atoms with van der Waals surface area (Å²) >= 11 is 6.06. The molecule has 0 spiro atoms. The summed E-state index contributed by atoms with van der Waals surface area (Å²) < 4.78 is 0. The Hall–Kier alpha value is -1.30. The largest absolute Gasteiger partial charge is 0.480 e. The van der Waals surface area contributed by atoms with Gasteiger partial charge in [-0.2, -0.15) is 0 Å². The molecule has 0 atom stereocenters. The topological polar surface area (TPSA) is 69.6 Å². The van der Waals surface area contributed by atoms with E-state index < -0.39 is 5.97 Å². The van der Waals surface area contributed by atoms with Crippen molar-refractivity contribution in [2.24, 2.45) is 0 Å². The van der Waals surface area contributed by atoms with Gasteiger partial charge in [-0.05, 0) is 18.2 Å². The Morgan fingerprint density at radius 1 is 1.35 bits per heavy atom. The van der Waals surface area contributed by atoms with Gasteiger partial charge in [0, 0.05) is 11.6 Å².